The third-order valence-electron chi connectivity index (χ3n) is 7.18. The van der Waals surface area contributed by atoms with Gasteiger partial charge in [-0.2, -0.15) is 4.48 Å². The summed E-state index contributed by atoms with van der Waals surface area (Å²) in [5, 5.41) is 15.3. The molecule has 186 valence electrons. The summed E-state index contributed by atoms with van der Waals surface area (Å²) in [6.45, 7) is 1.93. The fourth-order valence-electron chi connectivity index (χ4n) is 5.34. The Hall–Kier alpha value is -2.98. The van der Waals surface area contributed by atoms with Crippen molar-refractivity contribution >= 4 is 30.1 Å². The number of amides is 6. The number of nitrogens with one attached hydrogen (secondary N) is 2. The molecule has 3 N–H and O–H groups in total. The van der Waals surface area contributed by atoms with E-state index in [4.69, 9.17) is 4.74 Å². The average molecular weight is 476 g/mol. The van der Waals surface area contributed by atoms with Crippen molar-refractivity contribution in [3.8, 4) is 5.75 Å². The first-order chi connectivity index (χ1) is 16.3. The Bertz CT molecular complexity index is 886. The molecule has 34 heavy (non-hydrogen) atoms. The first kappa shape index (κ1) is 25.6. The highest BCUT2D eigenvalue weighted by Crippen LogP contribution is 2.35. The van der Waals surface area contributed by atoms with Gasteiger partial charge in [0.25, 0.3) is 0 Å². The number of ether oxygens (including phenoxy) is 1. The molecule has 0 aromatic heterocycles. The number of likely N-dealkylation sites (tertiary alicyclic amines) is 1. The zero-order valence-corrected chi connectivity index (χ0v) is 19.9. The SMILES string of the molecule is COc1ccc(NC(=O)NC(=O)[N+]2(C(=O)[C@H](CC3CCCC3)CN(O)C=O)CCC[C@H]2C)cc1. The Labute approximate surface area is 199 Å². The van der Waals surface area contributed by atoms with Crippen LogP contribution in [0, 0.1) is 11.8 Å². The second-order valence-electron chi connectivity index (χ2n) is 9.35. The van der Waals surface area contributed by atoms with E-state index in [0.717, 1.165) is 25.7 Å². The minimum atomic E-state index is -0.733. The number of benzene rings is 1. The zero-order valence-electron chi connectivity index (χ0n) is 19.9. The van der Waals surface area contributed by atoms with Crippen molar-refractivity contribution in [3.05, 3.63) is 24.3 Å². The molecule has 2 aliphatic rings. The second kappa shape index (κ2) is 11.4. The van der Waals surface area contributed by atoms with Crippen molar-refractivity contribution in [2.24, 2.45) is 11.8 Å². The molecule has 1 aliphatic carbocycles. The molecule has 0 radical (unpaired) electrons. The van der Waals surface area contributed by atoms with Crippen LogP contribution in [0.5, 0.6) is 5.75 Å². The van der Waals surface area contributed by atoms with Crippen molar-refractivity contribution in [1.82, 2.24) is 10.4 Å². The van der Waals surface area contributed by atoms with Crippen LogP contribution in [0.3, 0.4) is 0 Å². The fourth-order valence-corrected chi connectivity index (χ4v) is 5.34. The minimum absolute atomic E-state index is 0.170. The molecule has 1 saturated heterocycles. The molecule has 3 rings (SSSR count). The monoisotopic (exact) mass is 475 g/mol. The number of rotatable bonds is 8. The maximum atomic E-state index is 13.9. The number of methoxy groups -OCH3 is 1. The largest absolute Gasteiger partial charge is 0.497 e. The number of nitrogens with zero attached hydrogens (tertiary/aromatic N) is 2. The van der Waals surface area contributed by atoms with Gasteiger partial charge in [0.15, 0.2) is 0 Å². The highest BCUT2D eigenvalue weighted by Gasteiger charge is 2.55. The fraction of sp³-hybridized carbons (Fsp3) is 0.583. The first-order valence-corrected chi connectivity index (χ1v) is 11.9. The highest BCUT2D eigenvalue weighted by molar-refractivity contribution is 6.01. The molecule has 1 saturated carbocycles. The molecule has 1 unspecified atom stereocenters. The van der Waals surface area contributed by atoms with Gasteiger partial charge in [0, 0.05) is 18.5 Å². The van der Waals surface area contributed by atoms with E-state index in [2.05, 4.69) is 10.6 Å². The standard InChI is InChI=1S/C24H34N4O6/c1-17-6-5-13-28(17,22(30)19(15-27(33)16-29)14-18-7-3-4-8-18)24(32)26-23(31)25-20-9-11-21(34-2)12-10-20/h9-12,16-19,33H,3-8,13-15H2,1-2H3,(H-,25,26,31,32)/p+1/t17-,19-,28?/m1/s1. The molecule has 1 heterocycles. The summed E-state index contributed by atoms with van der Waals surface area (Å²) in [7, 11) is 1.54. The Kier molecular flexibility index (Phi) is 8.62. The number of hydroxylamine groups is 2. The van der Waals surface area contributed by atoms with Crippen LogP contribution in [0.15, 0.2) is 24.3 Å². The van der Waals surface area contributed by atoms with E-state index in [1.165, 1.54) is 7.11 Å². The van der Waals surface area contributed by atoms with Crippen LogP contribution in [-0.4, -0.2) is 65.4 Å². The number of hydrogen-bond donors (Lipinski definition) is 3. The number of quaternary nitrogens is 1. The second-order valence-corrected chi connectivity index (χ2v) is 9.35. The number of imide groups is 2. The van der Waals surface area contributed by atoms with Gasteiger partial charge in [-0.05, 0) is 43.5 Å². The lowest BCUT2D eigenvalue weighted by molar-refractivity contribution is -0.786. The van der Waals surface area contributed by atoms with Crippen molar-refractivity contribution in [3.63, 3.8) is 0 Å². The van der Waals surface area contributed by atoms with Crippen molar-refractivity contribution in [2.45, 2.75) is 57.9 Å². The average Bonchev–Trinajstić information content (AvgIpc) is 3.48. The minimum Gasteiger partial charge on any atom is -0.497 e. The predicted molar refractivity (Wildman–Crippen MR) is 124 cm³/mol. The molecule has 0 bridgehead atoms. The predicted octanol–water partition coefficient (Wildman–Crippen LogP) is 3.51. The zero-order chi connectivity index (χ0) is 24.7. The number of hydrogen-bond acceptors (Lipinski definition) is 6. The Morgan fingerprint density at radius 2 is 1.85 bits per heavy atom. The number of carbonyl (C=O) groups is 4. The summed E-state index contributed by atoms with van der Waals surface area (Å²) in [4.78, 5) is 51.0. The van der Waals surface area contributed by atoms with Crippen molar-refractivity contribution in [1.29, 1.82) is 0 Å². The molecule has 1 aromatic rings. The van der Waals surface area contributed by atoms with Gasteiger partial charge >= 0.3 is 18.0 Å². The van der Waals surface area contributed by atoms with E-state index in [9.17, 15) is 24.4 Å². The van der Waals surface area contributed by atoms with Gasteiger partial charge < -0.3 is 10.1 Å². The van der Waals surface area contributed by atoms with Gasteiger partial charge in [-0.15, -0.1) is 0 Å². The van der Waals surface area contributed by atoms with Gasteiger partial charge in [0.1, 0.15) is 11.8 Å². The summed E-state index contributed by atoms with van der Waals surface area (Å²) >= 11 is 0. The van der Waals surface area contributed by atoms with E-state index >= 15 is 0 Å². The normalized spacial score (nSPS) is 23.2. The summed E-state index contributed by atoms with van der Waals surface area (Å²) < 4.78 is 4.58. The molecule has 1 aromatic carbocycles. The van der Waals surface area contributed by atoms with Crippen LogP contribution in [-0.2, 0) is 9.59 Å². The summed E-state index contributed by atoms with van der Waals surface area (Å²) in [6, 6.07) is 4.90. The van der Waals surface area contributed by atoms with Crippen molar-refractivity contribution < 1.29 is 33.6 Å². The smallest absolute Gasteiger partial charge is 0.432 e. The van der Waals surface area contributed by atoms with E-state index in [1.807, 2.05) is 6.92 Å². The molecule has 2 fully saturated rings. The van der Waals surface area contributed by atoms with Crippen LogP contribution in [0.4, 0.5) is 15.3 Å². The molecule has 3 atom stereocenters. The molecule has 10 nitrogen and oxygen atoms in total. The number of carbonyl (C=O) groups excluding carboxylic acids is 4. The van der Waals surface area contributed by atoms with Crippen molar-refractivity contribution in [2.75, 3.05) is 25.5 Å². The Balaban J connectivity index is 1.77. The van der Waals surface area contributed by atoms with Gasteiger partial charge in [-0.25, -0.2) is 24.8 Å². The third kappa shape index (κ3) is 5.74. The van der Waals surface area contributed by atoms with Crippen LogP contribution >= 0.6 is 0 Å². The molecular formula is C24H35N4O6+. The quantitative estimate of drug-likeness (QED) is 0.229. The highest BCUT2D eigenvalue weighted by atomic mass is 16.5. The van der Waals surface area contributed by atoms with Crippen LogP contribution < -0.4 is 15.4 Å². The van der Waals surface area contributed by atoms with Crippen LogP contribution in [0.1, 0.15) is 51.9 Å². The van der Waals surface area contributed by atoms with E-state index < -0.39 is 22.5 Å². The lowest BCUT2D eigenvalue weighted by Crippen LogP contribution is -2.66. The lowest BCUT2D eigenvalue weighted by atomic mass is 9.91. The van der Waals surface area contributed by atoms with Crippen LogP contribution in [0.2, 0.25) is 0 Å². The summed E-state index contributed by atoms with van der Waals surface area (Å²) in [5.41, 5.74) is 0.472. The molecule has 10 heteroatoms. The Morgan fingerprint density at radius 1 is 1.18 bits per heavy atom. The van der Waals surface area contributed by atoms with Gasteiger partial charge in [-0.1, -0.05) is 25.7 Å². The van der Waals surface area contributed by atoms with E-state index in [0.29, 0.717) is 41.7 Å². The topological polar surface area (TPSA) is 125 Å². The third-order valence-corrected chi connectivity index (χ3v) is 7.18. The summed E-state index contributed by atoms with van der Waals surface area (Å²) in [6.07, 6.45) is 6.25. The summed E-state index contributed by atoms with van der Waals surface area (Å²) in [5.74, 6) is -0.111. The first-order valence-electron chi connectivity index (χ1n) is 11.9. The maximum absolute atomic E-state index is 13.9. The van der Waals surface area contributed by atoms with E-state index in [-0.39, 0.29) is 31.4 Å². The number of urea groups is 2. The molecular weight excluding hydrogens is 440 g/mol. The Morgan fingerprint density at radius 3 is 2.41 bits per heavy atom. The van der Waals surface area contributed by atoms with Gasteiger partial charge in [0.2, 0.25) is 6.41 Å². The molecule has 6 amide bonds. The molecule has 1 aliphatic heterocycles. The van der Waals surface area contributed by atoms with Gasteiger partial charge in [-0.3, -0.25) is 10.0 Å². The molecule has 0 spiro atoms. The van der Waals surface area contributed by atoms with E-state index in [1.54, 1.807) is 24.3 Å². The van der Waals surface area contributed by atoms with Gasteiger partial charge in [0.05, 0.1) is 26.1 Å². The number of anilines is 1. The van der Waals surface area contributed by atoms with Crippen LogP contribution in [0.25, 0.3) is 0 Å². The maximum Gasteiger partial charge on any atom is 0.432 e. The lowest BCUT2D eigenvalue weighted by Gasteiger charge is -2.36.